The van der Waals surface area contributed by atoms with Crippen molar-refractivity contribution in [2.45, 2.75) is 12.8 Å². The molecule has 0 bridgehead atoms. The molecule has 0 saturated carbocycles. The van der Waals surface area contributed by atoms with Crippen molar-refractivity contribution in [1.82, 2.24) is 4.57 Å². The van der Waals surface area contributed by atoms with Gasteiger partial charge in [-0.1, -0.05) is 84.9 Å². The summed E-state index contributed by atoms with van der Waals surface area (Å²) in [6.07, 6.45) is 7.07. The van der Waals surface area contributed by atoms with Gasteiger partial charge in [0, 0.05) is 57.9 Å². The molecule has 0 spiro atoms. The summed E-state index contributed by atoms with van der Waals surface area (Å²) in [4.78, 5) is 2.48. The van der Waals surface area contributed by atoms with Crippen molar-refractivity contribution in [3.05, 3.63) is 143 Å². The Hall–Kier alpha value is -5.16. The van der Waals surface area contributed by atoms with Gasteiger partial charge in [-0.15, -0.1) is 22.7 Å². The Morgan fingerprint density at radius 3 is 1.98 bits per heavy atom. The number of anilines is 3. The van der Waals surface area contributed by atoms with Crippen LogP contribution in [-0.2, 0) is 0 Å². The Kier molecular flexibility index (Phi) is 5.77. The van der Waals surface area contributed by atoms with E-state index in [9.17, 15) is 0 Å². The lowest BCUT2D eigenvalue weighted by Crippen LogP contribution is -2.20. The first kappa shape index (κ1) is 26.1. The molecule has 0 fully saturated rings. The molecular formula is C42H28N2S2. The summed E-state index contributed by atoms with van der Waals surface area (Å²) in [6, 6.07) is 49.2. The van der Waals surface area contributed by atoms with Crippen LogP contribution in [0.4, 0.5) is 17.1 Å². The van der Waals surface area contributed by atoms with Crippen LogP contribution in [0.5, 0.6) is 0 Å². The van der Waals surface area contributed by atoms with Crippen LogP contribution in [0.1, 0.15) is 12.8 Å². The van der Waals surface area contributed by atoms with Gasteiger partial charge in [-0.05, 0) is 78.7 Å². The monoisotopic (exact) mass is 624 g/mol. The Labute approximate surface area is 274 Å². The summed E-state index contributed by atoms with van der Waals surface area (Å²) in [5.41, 5.74) is 7.13. The Bertz CT molecular complexity index is 2710. The van der Waals surface area contributed by atoms with Crippen molar-refractivity contribution < 1.29 is 0 Å². The standard InChI is InChI=1S/C42H28N2S2/c1-2-12-27(13-3-1)43(28-22-23-41-34(24-28)32-16-6-10-20-39(32)45-41)38-26-29(25-35-33-17-7-11-21-40(33)46-42(35)38)44-36-18-8-4-14-30(36)31-15-5-9-19-37(31)44/h1-5,7-9,11-26H,6,10H2. The molecule has 0 aliphatic heterocycles. The van der Waals surface area contributed by atoms with Gasteiger partial charge >= 0.3 is 0 Å². The minimum absolute atomic E-state index is 1.11. The summed E-state index contributed by atoms with van der Waals surface area (Å²) in [6.45, 7) is 0. The lowest BCUT2D eigenvalue weighted by molar-refractivity contribution is 1.13. The van der Waals surface area contributed by atoms with Gasteiger partial charge in [0.15, 0.2) is 0 Å². The maximum absolute atomic E-state index is 2.48. The van der Waals surface area contributed by atoms with E-state index >= 15 is 0 Å². The third kappa shape index (κ3) is 3.87. The van der Waals surface area contributed by atoms with Crippen LogP contribution in [0.2, 0.25) is 0 Å². The van der Waals surface area contributed by atoms with Crippen LogP contribution in [0.25, 0.3) is 69.9 Å². The van der Waals surface area contributed by atoms with E-state index in [-0.39, 0.29) is 0 Å². The molecular weight excluding hydrogens is 597 g/mol. The first-order chi connectivity index (χ1) is 22.8. The quantitative estimate of drug-likeness (QED) is 0.189. The largest absolute Gasteiger partial charge is 0.309 e. The summed E-state index contributed by atoms with van der Waals surface area (Å²) in [5.74, 6) is 0. The molecule has 9 aromatic rings. The molecule has 0 radical (unpaired) electrons. The molecule has 1 aliphatic carbocycles. The Morgan fingerprint density at radius 2 is 1.17 bits per heavy atom. The SMILES string of the molecule is C1=c2sc3ccc(N(c4ccccc4)c4cc(-n5c6ccccc6c6ccccc65)cc5c4sc4ccccc45)cc3c2=CCC1. The summed E-state index contributed by atoms with van der Waals surface area (Å²) in [5, 5.41) is 7.87. The van der Waals surface area contributed by atoms with Crippen LogP contribution >= 0.6 is 22.7 Å². The molecule has 0 atom stereocenters. The smallest absolute Gasteiger partial charge is 0.0661 e. The molecule has 10 rings (SSSR count). The Morgan fingerprint density at radius 1 is 0.500 bits per heavy atom. The van der Waals surface area contributed by atoms with E-state index in [1.54, 1.807) is 0 Å². The van der Waals surface area contributed by atoms with Crippen molar-refractivity contribution in [3.63, 3.8) is 0 Å². The minimum atomic E-state index is 1.11. The number of benzene rings is 6. The van der Waals surface area contributed by atoms with Crippen LogP contribution in [0.15, 0.2) is 133 Å². The zero-order valence-corrected chi connectivity index (χ0v) is 26.6. The van der Waals surface area contributed by atoms with Crippen molar-refractivity contribution in [1.29, 1.82) is 0 Å². The lowest BCUT2D eigenvalue weighted by Gasteiger charge is -2.27. The molecule has 2 nitrogen and oxygen atoms in total. The number of thiophene rings is 2. The highest BCUT2D eigenvalue weighted by atomic mass is 32.1. The van der Waals surface area contributed by atoms with E-state index in [1.807, 2.05) is 22.7 Å². The maximum atomic E-state index is 2.48. The fraction of sp³-hybridized carbons (Fsp3) is 0.0476. The predicted molar refractivity (Wildman–Crippen MR) is 201 cm³/mol. The fourth-order valence-electron chi connectivity index (χ4n) is 7.36. The lowest BCUT2D eigenvalue weighted by atomic mass is 10.1. The maximum Gasteiger partial charge on any atom is 0.0661 e. The molecule has 3 heterocycles. The molecule has 46 heavy (non-hydrogen) atoms. The molecule has 0 unspecified atom stereocenters. The van der Waals surface area contributed by atoms with Crippen molar-refractivity contribution in [2.75, 3.05) is 4.90 Å². The van der Waals surface area contributed by atoms with Gasteiger partial charge in [0.05, 0.1) is 21.4 Å². The molecule has 3 aromatic heterocycles. The summed E-state index contributed by atoms with van der Waals surface area (Å²) in [7, 11) is 0. The number of rotatable bonds is 4. The number of nitrogens with zero attached hydrogens (tertiary/aromatic N) is 2. The van der Waals surface area contributed by atoms with Crippen molar-refractivity contribution in [2.24, 2.45) is 0 Å². The molecule has 1 aliphatic rings. The zero-order valence-electron chi connectivity index (χ0n) is 25.0. The molecule has 0 N–H and O–H groups in total. The number of para-hydroxylation sites is 3. The Balaban J connectivity index is 1.33. The normalized spacial score (nSPS) is 13.0. The second-order valence-electron chi connectivity index (χ2n) is 12.0. The van der Waals surface area contributed by atoms with E-state index in [2.05, 4.69) is 155 Å². The fourth-order valence-corrected chi connectivity index (χ4v) is 9.71. The van der Waals surface area contributed by atoms with Crippen LogP contribution in [0, 0.1) is 0 Å². The highest BCUT2D eigenvalue weighted by molar-refractivity contribution is 7.26. The van der Waals surface area contributed by atoms with Crippen LogP contribution in [-0.4, -0.2) is 4.57 Å². The second-order valence-corrected chi connectivity index (χ2v) is 14.2. The zero-order chi connectivity index (χ0) is 30.2. The topological polar surface area (TPSA) is 8.17 Å². The number of aromatic nitrogens is 1. The van der Waals surface area contributed by atoms with E-state index in [4.69, 9.17) is 0 Å². The average Bonchev–Trinajstić information content (AvgIpc) is 3.78. The summed E-state index contributed by atoms with van der Waals surface area (Å²) >= 11 is 3.80. The third-order valence-corrected chi connectivity index (χ3v) is 11.8. The molecule has 6 aromatic carbocycles. The minimum Gasteiger partial charge on any atom is -0.309 e. The van der Waals surface area contributed by atoms with Crippen LogP contribution < -0.4 is 14.7 Å². The highest BCUT2D eigenvalue weighted by Gasteiger charge is 2.22. The third-order valence-electron chi connectivity index (χ3n) is 9.38. The van der Waals surface area contributed by atoms with E-state index in [1.165, 1.54) is 78.9 Å². The predicted octanol–water partition coefficient (Wildman–Crippen LogP) is 11.2. The summed E-state index contributed by atoms with van der Waals surface area (Å²) < 4.78 is 7.81. The van der Waals surface area contributed by atoms with Gasteiger partial charge in [-0.25, -0.2) is 0 Å². The molecule has 4 heteroatoms. The van der Waals surface area contributed by atoms with E-state index < -0.39 is 0 Å². The van der Waals surface area contributed by atoms with E-state index in [0.29, 0.717) is 0 Å². The number of hydrogen-bond donors (Lipinski definition) is 0. The molecule has 0 saturated heterocycles. The van der Waals surface area contributed by atoms with Gasteiger partial charge in [0.2, 0.25) is 0 Å². The van der Waals surface area contributed by atoms with Gasteiger partial charge in [0.1, 0.15) is 0 Å². The van der Waals surface area contributed by atoms with Gasteiger partial charge < -0.3 is 9.47 Å². The van der Waals surface area contributed by atoms with Gasteiger partial charge in [-0.2, -0.15) is 0 Å². The number of fused-ring (bicyclic) bond motifs is 9. The van der Waals surface area contributed by atoms with Crippen molar-refractivity contribution in [3.8, 4) is 5.69 Å². The highest BCUT2D eigenvalue weighted by Crippen LogP contribution is 2.47. The van der Waals surface area contributed by atoms with Gasteiger partial charge in [-0.3, -0.25) is 0 Å². The van der Waals surface area contributed by atoms with Crippen molar-refractivity contribution >= 4 is 104 Å². The first-order valence-corrected chi connectivity index (χ1v) is 17.5. The van der Waals surface area contributed by atoms with Gasteiger partial charge in [0.25, 0.3) is 0 Å². The van der Waals surface area contributed by atoms with E-state index in [0.717, 1.165) is 18.5 Å². The second kappa shape index (κ2) is 10.2. The first-order valence-electron chi connectivity index (χ1n) is 15.8. The molecule has 218 valence electrons. The average molecular weight is 625 g/mol. The molecule has 0 amide bonds. The van der Waals surface area contributed by atoms with Crippen LogP contribution in [0.3, 0.4) is 0 Å². The number of hydrogen-bond acceptors (Lipinski definition) is 3.